The average Bonchev–Trinajstić information content (AvgIpc) is 2.85. The molecule has 28 heteroatoms. The summed E-state index contributed by atoms with van der Waals surface area (Å²) in [5, 5.41) is 15.9. The lowest BCUT2D eigenvalue weighted by Gasteiger charge is -2.44. The van der Waals surface area contributed by atoms with Crippen LogP contribution in [0.2, 0.25) is 0 Å². The lowest BCUT2D eigenvalue weighted by Crippen LogP contribution is -2.77. The number of rotatable bonds is 14. The maximum Gasteiger partial charge on any atom is 0.460 e. The highest BCUT2D eigenvalue weighted by molar-refractivity contribution is 7.90. The van der Waals surface area contributed by atoms with Crippen LogP contribution in [0.3, 0.4) is 0 Å². The number of sulfonamides is 1. The molecule has 0 aromatic heterocycles. The van der Waals surface area contributed by atoms with Crippen molar-refractivity contribution < 1.29 is 116 Å². The summed E-state index contributed by atoms with van der Waals surface area (Å²) in [4.78, 5) is 0. The van der Waals surface area contributed by atoms with Gasteiger partial charge in [0.1, 0.15) is 0 Å². The summed E-state index contributed by atoms with van der Waals surface area (Å²) in [5.74, 6) is -72.4. The number of hydrogen-bond donors (Lipinski definition) is 3. The Labute approximate surface area is 230 Å². The van der Waals surface area contributed by atoms with Crippen LogP contribution in [0, 0.1) is 0 Å². The standard InChI is InChI=1S/C14H10F21NO3S.C2H6O2/c1-2-36(3-4-37)40(38,39)14(34,35)12(29,30)10(25,26)8(21,22)6(17,18)5(15,16)7(19,20)9(23,24)11(27,28)13(31,32)33;3-1-2-4/h37H,2-4H2,1H3;3-4H,1-2H2. The maximum absolute atomic E-state index is 14.0. The van der Waals surface area contributed by atoms with E-state index in [1.807, 2.05) is 0 Å². The van der Waals surface area contributed by atoms with Crippen molar-refractivity contribution >= 4 is 10.0 Å². The Morgan fingerprint density at radius 1 is 0.455 bits per heavy atom. The fourth-order valence-electron chi connectivity index (χ4n) is 2.43. The molecule has 0 radical (unpaired) electrons. The highest BCUT2D eigenvalue weighted by Crippen LogP contribution is 2.66. The van der Waals surface area contributed by atoms with Gasteiger partial charge in [0.25, 0.3) is 10.0 Å². The molecule has 0 aliphatic carbocycles. The second-order valence-corrected chi connectivity index (χ2v) is 9.76. The maximum atomic E-state index is 14.0. The van der Waals surface area contributed by atoms with E-state index >= 15 is 0 Å². The molecule has 0 bridgehead atoms. The molecule has 0 atom stereocenters. The summed E-state index contributed by atoms with van der Waals surface area (Å²) in [5.41, 5.74) is 0. The fraction of sp³-hybridized carbons (Fsp3) is 1.00. The van der Waals surface area contributed by atoms with E-state index in [1.165, 1.54) is 0 Å². The Bertz CT molecular complexity index is 1060. The molecule has 0 heterocycles. The van der Waals surface area contributed by atoms with Crippen molar-refractivity contribution in [3.05, 3.63) is 0 Å². The third kappa shape index (κ3) is 6.19. The Morgan fingerprint density at radius 2 is 0.705 bits per heavy atom. The quantitative estimate of drug-likeness (QED) is 0.222. The zero-order valence-electron chi connectivity index (χ0n) is 20.5. The van der Waals surface area contributed by atoms with Gasteiger partial charge in [0.15, 0.2) is 0 Å². The van der Waals surface area contributed by atoms with E-state index in [-0.39, 0.29) is 13.2 Å². The Kier molecular flexibility index (Phi) is 13.0. The molecule has 0 fully saturated rings. The van der Waals surface area contributed by atoms with Crippen LogP contribution in [0.1, 0.15) is 6.92 Å². The molecule has 0 rings (SSSR count). The third-order valence-corrected chi connectivity index (χ3v) is 6.97. The van der Waals surface area contributed by atoms with Gasteiger partial charge in [-0.15, -0.1) is 0 Å². The summed E-state index contributed by atoms with van der Waals surface area (Å²) in [6, 6.07) is 0. The van der Waals surface area contributed by atoms with Crippen LogP contribution in [0.25, 0.3) is 0 Å². The molecule has 3 N–H and O–H groups in total. The van der Waals surface area contributed by atoms with E-state index in [1.54, 1.807) is 0 Å². The molecule has 44 heavy (non-hydrogen) atoms. The van der Waals surface area contributed by atoms with E-state index in [0.717, 1.165) is 0 Å². The lowest BCUT2D eigenvalue weighted by atomic mass is 9.87. The first-order chi connectivity index (χ1) is 18.9. The van der Waals surface area contributed by atoms with Crippen LogP contribution < -0.4 is 0 Å². The van der Waals surface area contributed by atoms with Crippen molar-refractivity contribution in [2.75, 3.05) is 32.9 Å². The topological polar surface area (TPSA) is 98.1 Å². The summed E-state index contributed by atoms with van der Waals surface area (Å²) < 4.78 is 302. The molecule has 0 saturated carbocycles. The first-order valence-electron chi connectivity index (χ1n) is 10.2. The largest absolute Gasteiger partial charge is 0.460 e. The van der Waals surface area contributed by atoms with Crippen molar-refractivity contribution in [1.82, 2.24) is 4.31 Å². The Morgan fingerprint density at radius 3 is 0.909 bits per heavy atom. The number of aliphatic hydroxyl groups is 3. The number of hydrogen-bond acceptors (Lipinski definition) is 5. The van der Waals surface area contributed by atoms with E-state index in [4.69, 9.17) is 15.3 Å². The zero-order valence-corrected chi connectivity index (χ0v) is 21.3. The van der Waals surface area contributed by atoms with Crippen LogP contribution >= 0.6 is 0 Å². The van der Waals surface area contributed by atoms with Crippen molar-refractivity contribution in [1.29, 1.82) is 0 Å². The minimum absolute atomic E-state index is 0.125. The molecule has 0 aromatic rings. The number of nitrogens with zero attached hydrogens (tertiary/aromatic N) is 1. The number of halogens is 21. The predicted octanol–water partition coefficient (Wildman–Crippen LogP) is 4.84. The van der Waals surface area contributed by atoms with Gasteiger partial charge in [-0.05, 0) is 0 Å². The Balaban J connectivity index is 0. The van der Waals surface area contributed by atoms with Gasteiger partial charge < -0.3 is 15.3 Å². The van der Waals surface area contributed by atoms with Gasteiger partial charge in [-0.3, -0.25) is 0 Å². The van der Waals surface area contributed by atoms with Gasteiger partial charge in [0.2, 0.25) is 0 Å². The van der Waals surface area contributed by atoms with E-state index in [9.17, 15) is 101 Å². The monoisotopic (exact) mass is 733 g/mol. The SMILES string of the molecule is CCN(CCO)S(=O)(=O)C(F)(F)C(F)(F)C(F)(F)C(F)(F)C(F)(F)C(F)(F)C(F)(F)C(F)(F)C(F)(F)C(F)(F)F.OCCO. The van der Waals surface area contributed by atoms with Crippen molar-refractivity contribution in [3.63, 3.8) is 0 Å². The van der Waals surface area contributed by atoms with E-state index in [0.29, 0.717) is 6.92 Å². The number of likely N-dealkylation sites (N-methyl/N-ethyl adjacent to an activating group) is 1. The summed E-state index contributed by atoms with van der Waals surface area (Å²) >= 11 is 0. The van der Waals surface area contributed by atoms with Crippen molar-refractivity contribution in [2.24, 2.45) is 0 Å². The van der Waals surface area contributed by atoms with E-state index in [2.05, 4.69) is 0 Å². The molecule has 0 amide bonds. The van der Waals surface area contributed by atoms with Gasteiger partial charge in [-0.2, -0.15) is 96.5 Å². The fourth-order valence-corrected chi connectivity index (χ4v) is 3.87. The van der Waals surface area contributed by atoms with Gasteiger partial charge >= 0.3 is 58.8 Å². The normalized spacial score (nSPS) is 15.8. The molecule has 0 saturated heterocycles. The lowest BCUT2D eigenvalue weighted by molar-refractivity contribution is -0.472. The van der Waals surface area contributed by atoms with Gasteiger partial charge in [-0.1, -0.05) is 6.92 Å². The third-order valence-electron chi connectivity index (χ3n) is 4.95. The number of alkyl halides is 21. The minimum Gasteiger partial charge on any atom is -0.395 e. The van der Waals surface area contributed by atoms with Crippen LogP contribution in [-0.2, 0) is 10.0 Å². The molecule has 0 aromatic carbocycles. The summed E-state index contributed by atoms with van der Waals surface area (Å²) in [6.07, 6.45) is -8.08. The predicted molar refractivity (Wildman–Crippen MR) is 98.0 cm³/mol. The molecule has 0 unspecified atom stereocenters. The minimum atomic E-state index is -9.36. The highest BCUT2D eigenvalue weighted by Gasteiger charge is 2.98. The van der Waals surface area contributed by atoms with E-state index < -0.39 is 92.8 Å². The summed E-state index contributed by atoms with van der Waals surface area (Å²) in [7, 11) is -7.53. The zero-order chi connectivity index (χ0) is 36.6. The second-order valence-electron chi connectivity index (χ2n) is 7.78. The Hall–Kier alpha value is -1.68. The molecule has 0 aliphatic rings. The number of aliphatic hydroxyl groups excluding tert-OH is 3. The molecule has 0 spiro atoms. The van der Waals surface area contributed by atoms with Crippen molar-refractivity contribution in [2.45, 2.75) is 65.7 Å². The smallest absolute Gasteiger partial charge is 0.395 e. The average molecular weight is 733 g/mol. The molecule has 6 nitrogen and oxygen atoms in total. The van der Waals surface area contributed by atoms with Crippen LogP contribution in [-0.4, -0.2) is 120 Å². The first kappa shape index (κ1) is 44.4. The van der Waals surface area contributed by atoms with Gasteiger partial charge in [0.05, 0.1) is 19.8 Å². The van der Waals surface area contributed by atoms with Crippen LogP contribution in [0.15, 0.2) is 0 Å². The first-order valence-corrected chi connectivity index (χ1v) is 11.7. The summed E-state index contributed by atoms with van der Waals surface area (Å²) in [6.45, 7) is -4.70. The van der Waals surface area contributed by atoms with Crippen LogP contribution in [0.5, 0.6) is 0 Å². The second kappa shape index (κ2) is 12.8. The van der Waals surface area contributed by atoms with Crippen LogP contribution in [0.4, 0.5) is 92.2 Å². The van der Waals surface area contributed by atoms with Gasteiger partial charge in [-0.25, -0.2) is 8.42 Å². The molecular formula is C16H16F21NO5S. The van der Waals surface area contributed by atoms with Crippen molar-refractivity contribution in [3.8, 4) is 0 Å². The molecule has 0 aliphatic heterocycles. The molecule has 268 valence electrons. The molecular weight excluding hydrogens is 717 g/mol. The van der Waals surface area contributed by atoms with Gasteiger partial charge in [0, 0.05) is 13.1 Å². The highest BCUT2D eigenvalue weighted by atomic mass is 32.2.